The summed E-state index contributed by atoms with van der Waals surface area (Å²) in [4.78, 5) is 13.5. The maximum atomic E-state index is 6.04. The smallest absolute Gasteiger partial charge is 0.248 e. The molecule has 32 heavy (non-hydrogen) atoms. The first-order valence-corrected chi connectivity index (χ1v) is 10.6. The van der Waals surface area contributed by atoms with Crippen LogP contribution in [0.2, 0.25) is 5.02 Å². The van der Waals surface area contributed by atoms with Crippen molar-refractivity contribution < 1.29 is 9.26 Å². The molecule has 3 heterocycles. The van der Waals surface area contributed by atoms with Crippen molar-refractivity contribution in [3.63, 3.8) is 0 Å². The Morgan fingerprint density at radius 3 is 3.03 bits per heavy atom. The number of nitrogens with one attached hydrogen (secondary N) is 2. The third-order valence-electron chi connectivity index (χ3n) is 4.78. The Morgan fingerprint density at radius 2 is 2.25 bits per heavy atom. The van der Waals surface area contributed by atoms with E-state index in [1.165, 1.54) is 0 Å². The van der Waals surface area contributed by atoms with E-state index in [-0.39, 0.29) is 36.6 Å². The van der Waals surface area contributed by atoms with Gasteiger partial charge in [-0.1, -0.05) is 28.9 Å². The molecule has 12 heteroatoms. The normalized spacial score (nSPS) is 15.7. The summed E-state index contributed by atoms with van der Waals surface area (Å²) in [7, 11) is 1.64. The maximum absolute atomic E-state index is 6.04. The molecule has 0 fully saturated rings. The molecule has 1 aliphatic rings. The van der Waals surface area contributed by atoms with Crippen LogP contribution in [0.1, 0.15) is 30.9 Å². The van der Waals surface area contributed by atoms with E-state index < -0.39 is 0 Å². The van der Waals surface area contributed by atoms with Crippen LogP contribution in [0.15, 0.2) is 33.8 Å². The molecule has 10 nitrogen and oxygen atoms in total. The fourth-order valence-electron chi connectivity index (χ4n) is 3.39. The zero-order valence-electron chi connectivity index (χ0n) is 17.9. The van der Waals surface area contributed by atoms with Gasteiger partial charge in [-0.2, -0.15) is 10.1 Å². The van der Waals surface area contributed by atoms with Crippen LogP contribution in [-0.2, 0) is 30.9 Å². The first-order chi connectivity index (χ1) is 15.1. The van der Waals surface area contributed by atoms with Crippen LogP contribution < -0.4 is 10.6 Å². The molecule has 0 saturated heterocycles. The highest BCUT2D eigenvalue weighted by Crippen LogP contribution is 2.20. The van der Waals surface area contributed by atoms with Gasteiger partial charge in [-0.15, -0.1) is 24.0 Å². The molecule has 172 valence electrons. The van der Waals surface area contributed by atoms with Gasteiger partial charge in [0.15, 0.2) is 11.8 Å². The van der Waals surface area contributed by atoms with Gasteiger partial charge in [0.25, 0.3) is 0 Å². The number of aliphatic imine (C=N–C) groups is 1. The van der Waals surface area contributed by atoms with Gasteiger partial charge < -0.3 is 19.9 Å². The molecule has 0 saturated carbocycles. The Labute approximate surface area is 208 Å². The first kappa shape index (κ1) is 24.4. The third-order valence-corrected chi connectivity index (χ3v) is 5.02. The lowest BCUT2D eigenvalue weighted by atomic mass is 10.1. The Morgan fingerprint density at radius 1 is 1.38 bits per heavy atom. The minimum absolute atomic E-state index is 0. The molecule has 0 amide bonds. The zero-order chi connectivity index (χ0) is 21.6. The molecule has 0 aliphatic carbocycles. The highest BCUT2D eigenvalue weighted by molar-refractivity contribution is 14.0. The Balaban J connectivity index is 0.00000289. The maximum Gasteiger partial charge on any atom is 0.248 e. The number of halogens is 2. The minimum Gasteiger partial charge on any atom is -0.377 e. The molecular weight excluding hydrogens is 547 g/mol. The second-order valence-corrected chi connectivity index (χ2v) is 7.59. The number of aromatic nitrogens is 5. The quantitative estimate of drug-likeness (QED) is 0.252. The number of nitrogens with zero attached hydrogens (tertiary/aromatic N) is 6. The summed E-state index contributed by atoms with van der Waals surface area (Å²) >= 11 is 6.04. The zero-order valence-corrected chi connectivity index (χ0v) is 21.0. The summed E-state index contributed by atoms with van der Waals surface area (Å²) in [5.74, 6) is 3.31. The molecule has 0 spiro atoms. The van der Waals surface area contributed by atoms with Crippen LogP contribution in [0.4, 0.5) is 0 Å². The Bertz CT molecular complexity index is 1050. The number of fused-ring (bicyclic) bond motifs is 1. The summed E-state index contributed by atoms with van der Waals surface area (Å²) in [5.41, 5.74) is 0.801. The second kappa shape index (κ2) is 11.6. The molecular formula is C20H26ClIN8O2. The highest BCUT2D eigenvalue weighted by Gasteiger charge is 2.22. The van der Waals surface area contributed by atoms with Crippen molar-refractivity contribution >= 4 is 41.5 Å². The highest BCUT2D eigenvalue weighted by atomic mass is 127. The van der Waals surface area contributed by atoms with E-state index in [0.29, 0.717) is 35.1 Å². The van der Waals surface area contributed by atoms with Gasteiger partial charge in [-0.25, -0.2) is 14.7 Å². The van der Waals surface area contributed by atoms with E-state index in [2.05, 4.69) is 35.8 Å². The van der Waals surface area contributed by atoms with E-state index in [1.807, 2.05) is 23.7 Å². The summed E-state index contributed by atoms with van der Waals surface area (Å²) in [6, 6.07) is 7.52. The summed E-state index contributed by atoms with van der Waals surface area (Å²) in [5, 5.41) is 15.9. The number of hydrogen-bond acceptors (Lipinski definition) is 7. The molecule has 1 unspecified atom stereocenters. The molecule has 0 radical (unpaired) electrons. The predicted octanol–water partition coefficient (Wildman–Crippen LogP) is 2.82. The van der Waals surface area contributed by atoms with Gasteiger partial charge in [0.1, 0.15) is 19.0 Å². The molecule has 3 aromatic rings. The summed E-state index contributed by atoms with van der Waals surface area (Å²) in [6.07, 6.45) is 1.79. The van der Waals surface area contributed by atoms with Gasteiger partial charge in [0.05, 0.1) is 6.54 Å². The van der Waals surface area contributed by atoms with Crippen LogP contribution in [-0.4, -0.2) is 50.6 Å². The minimum atomic E-state index is 0. The molecule has 1 atom stereocenters. The molecule has 2 N–H and O–H groups in total. The number of ether oxygens (including phenoxy) is 1. The number of methoxy groups -OCH3 is 1. The van der Waals surface area contributed by atoms with E-state index in [1.54, 1.807) is 19.2 Å². The Hall–Kier alpha value is -2.25. The summed E-state index contributed by atoms with van der Waals surface area (Å²) < 4.78 is 12.4. The Kier molecular flexibility index (Phi) is 8.82. The molecule has 2 aromatic heterocycles. The monoisotopic (exact) mass is 572 g/mol. The van der Waals surface area contributed by atoms with E-state index in [0.717, 1.165) is 37.3 Å². The van der Waals surface area contributed by atoms with E-state index in [4.69, 9.17) is 20.9 Å². The number of guanidine groups is 1. The molecule has 0 bridgehead atoms. The van der Waals surface area contributed by atoms with Gasteiger partial charge in [-0.3, -0.25) is 0 Å². The van der Waals surface area contributed by atoms with Crippen molar-refractivity contribution in [2.45, 2.75) is 45.5 Å². The lowest BCUT2D eigenvalue weighted by molar-refractivity contribution is 0.177. The van der Waals surface area contributed by atoms with Crippen LogP contribution in [0.5, 0.6) is 0 Å². The van der Waals surface area contributed by atoms with Crippen LogP contribution in [0.25, 0.3) is 11.4 Å². The van der Waals surface area contributed by atoms with Gasteiger partial charge in [0, 0.05) is 36.7 Å². The molecule has 1 aromatic carbocycles. The van der Waals surface area contributed by atoms with E-state index in [9.17, 15) is 0 Å². The van der Waals surface area contributed by atoms with Crippen molar-refractivity contribution in [3.05, 3.63) is 46.8 Å². The van der Waals surface area contributed by atoms with E-state index >= 15 is 0 Å². The standard InChI is InChI=1S/C20H25ClN8O2.HI/c1-3-22-20(24-15-7-8-17-25-16(12-30-2)27-29(17)11-15)23-10-18-26-19(28-31-18)13-5-4-6-14(21)9-13;/h4-6,9,15H,3,7-8,10-12H2,1-2H3,(H2,22,23,24);1H. The number of hydrogen-bond donors (Lipinski definition) is 2. The SMILES string of the molecule is CCNC(=NCc1nc(-c2cccc(Cl)c2)no1)NC1CCc2nc(COC)nn2C1.I. The number of benzene rings is 1. The number of rotatable bonds is 7. The largest absolute Gasteiger partial charge is 0.377 e. The van der Waals surface area contributed by atoms with Crippen molar-refractivity contribution in [1.82, 2.24) is 35.5 Å². The van der Waals surface area contributed by atoms with Gasteiger partial charge in [0.2, 0.25) is 11.7 Å². The van der Waals surface area contributed by atoms with Crippen LogP contribution >= 0.6 is 35.6 Å². The van der Waals surface area contributed by atoms with Crippen molar-refractivity contribution in [1.29, 1.82) is 0 Å². The lowest BCUT2D eigenvalue weighted by Crippen LogP contribution is -2.47. The first-order valence-electron chi connectivity index (χ1n) is 10.2. The fraction of sp³-hybridized carbons (Fsp3) is 0.450. The van der Waals surface area contributed by atoms with Crippen molar-refractivity contribution in [2.24, 2.45) is 4.99 Å². The average Bonchev–Trinajstić information content (AvgIpc) is 3.39. The van der Waals surface area contributed by atoms with Crippen molar-refractivity contribution in [3.8, 4) is 11.4 Å². The third kappa shape index (κ3) is 6.17. The predicted molar refractivity (Wildman–Crippen MR) is 131 cm³/mol. The second-order valence-electron chi connectivity index (χ2n) is 7.16. The molecule has 4 rings (SSSR count). The lowest BCUT2D eigenvalue weighted by Gasteiger charge is -2.25. The van der Waals surface area contributed by atoms with Crippen LogP contribution in [0.3, 0.4) is 0 Å². The van der Waals surface area contributed by atoms with Crippen LogP contribution in [0, 0.1) is 0 Å². The molecule has 1 aliphatic heterocycles. The fourth-order valence-corrected chi connectivity index (χ4v) is 3.58. The summed E-state index contributed by atoms with van der Waals surface area (Å²) in [6.45, 7) is 4.17. The average molecular weight is 573 g/mol. The topological polar surface area (TPSA) is 115 Å². The van der Waals surface area contributed by atoms with Crippen molar-refractivity contribution in [2.75, 3.05) is 13.7 Å². The van der Waals surface area contributed by atoms with Gasteiger partial charge in [-0.05, 0) is 25.5 Å². The van der Waals surface area contributed by atoms with Gasteiger partial charge >= 0.3 is 0 Å². The number of aryl methyl sites for hydroxylation is 1.